The first kappa shape index (κ1) is 15.9. The van der Waals surface area contributed by atoms with Crippen LogP contribution in [0.4, 0.5) is 4.39 Å². The summed E-state index contributed by atoms with van der Waals surface area (Å²) in [6.45, 7) is 5.64. The van der Waals surface area contributed by atoms with Gasteiger partial charge in [-0.05, 0) is 23.6 Å². The molecular weight excluding hydrogens is 255 g/mol. The first-order valence-corrected chi connectivity index (χ1v) is 6.58. The molecule has 2 nitrogen and oxygen atoms in total. The Morgan fingerprint density at radius 1 is 1.45 bits per heavy atom. The summed E-state index contributed by atoms with van der Waals surface area (Å²) in [5.74, 6) is -1.22. The van der Waals surface area contributed by atoms with Gasteiger partial charge in [0.05, 0.1) is 6.42 Å². The molecule has 0 aromatic heterocycles. The van der Waals surface area contributed by atoms with Gasteiger partial charge < -0.3 is 5.11 Å². The second kappa shape index (κ2) is 8.10. The van der Waals surface area contributed by atoms with E-state index in [9.17, 15) is 9.18 Å². The number of carboxylic acid groups (broad SMARTS) is 1. The summed E-state index contributed by atoms with van der Waals surface area (Å²) in [6, 6.07) is 5.14. The van der Waals surface area contributed by atoms with Crippen LogP contribution in [0.2, 0.25) is 0 Å². The molecule has 0 amide bonds. The fourth-order valence-corrected chi connectivity index (χ4v) is 1.89. The number of benzene rings is 1. The summed E-state index contributed by atoms with van der Waals surface area (Å²) in [5.41, 5.74) is 2.02. The molecular formula is C17H19FO2. The second-order valence-corrected chi connectivity index (χ2v) is 4.42. The monoisotopic (exact) mass is 274 g/mol. The van der Waals surface area contributed by atoms with Gasteiger partial charge in [-0.2, -0.15) is 0 Å². The standard InChI is InChI=1S/C17H19FO2/c1-3-6-13-10-11-15(16(18)12-13)14(7-4-2)8-5-9-17(19)20/h4-5,7-8,10-12H,2-3,6,9H2,1H3,(H,19,20)/b8-5-,14-7+. The molecule has 0 bridgehead atoms. The number of hydrogen-bond acceptors (Lipinski definition) is 1. The molecule has 3 heteroatoms. The number of halogens is 1. The van der Waals surface area contributed by atoms with Gasteiger partial charge in [0, 0.05) is 5.56 Å². The maximum atomic E-state index is 14.1. The Morgan fingerprint density at radius 3 is 2.75 bits per heavy atom. The lowest BCUT2D eigenvalue weighted by molar-refractivity contribution is -0.135. The highest BCUT2D eigenvalue weighted by molar-refractivity contribution is 5.77. The summed E-state index contributed by atoms with van der Waals surface area (Å²) in [7, 11) is 0. The van der Waals surface area contributed by atoms with Crippen LogP contribution in [0.5, 0.6) is 0 Å². The second-order valence-electron chi connectivity index (χ2n) is 4.42. The predicted molar refractivity (Wildman–Crippen MR) is 80.0 cm³/mol. The summed E-state index contributed by atoms with van der Waals surface area (Å²) >= 11 is 0. The van der Waals surface area contributed by atoms with E-state index in [0.717, 1.165) is 18.4 Å². The minimum atomic E-state index is -0.919. The van der Waals surface area contributed by atoms with Crippen LogP contribution in [0.15, 0.2) is 49.1 Å². The summed E-state index contributed by atoms with van der Waals surface area (Å²) in [4.78, 5) is 10.5. The van der Waals surface area contributed by atoms with Gasteiger partial charge in [-0.3, -0.25) is 4.79 Å². The zero-order chi connectivity index (χ0) is 15.0. The molecule has 0 aliphatic carbocycles. The zero-order valence-electron chi connectivity index (χ0n) is 11.6. The van der Waals surface area contributed by atoms with Gasteiger partial charge in [0.25, 0.3) is 0 Å². The largest absolute Gasteiger partial charge is 0.481 e. The Balaban J connectivity index is 3.03. The number of rotatable bonds is 7. The summed E-state index contributed by atoms with van der Waals surface area (Å²) in [6.07, 6.45) is 8.03. The van der Waals surface area contributed by atoms with Crippen LogP contribution in [-0.2, 0) is 11.2 Å². The molecule has 0 fully saturated rings. The Hall–Kier alpha value is -2.16. The molecule has 0 atom stereocenters. The number of carbonyl (C=O) groups is 1. The highest BCUT2D eigenvalue weighted by Crippen LogP contribution is 2.22. The molecule has 0 unspecified atom stereocenters. The number of carboxylic acids is 1. The van der Waals surface area contributed by atoms with E-state index >= 15 is 0 Å². The Morgan fingerprint density at radius 2 is 2.20 bits per heavy atom. The fourth-order valence-electron chi connectivity index (χ4n) is 1.89. The molecule has 0 aliphatic heterocycles. The highest BCUT2D eigenvalue weighted by Gasteiger charge is 2.06. The number of aliphatic carboxylic acids is 1. The van der Waals surface area contributed by atoms with Crippen molar-refractivity contribution in [2.75, 3.05) is 0 Å². The zero-order valence-corrected chi connectivity index (χ0v) is 11.6. The number of hydrogen-bond donors (Lipinski definition) is 1. The molecule has 20 heavy (non-hydrogen) atoms. The van der Waals surface area contributed by atoms with E-state index in [-0.39, 0.29) is 12.2 Å². The van der Waals surface area contributed by atoms with Crippen molar-refractivity contribution < 1.29 is 14.3 Å². The summed E-state index contributed by atoms with van der Waals surface area (Å²) in [5, 5.41) is 8.61. The lowest BCUT2D eigenvalue weighted by Gasteiger charge is -2.06. The Bertz CT molecular complexity index is 542. The van der Waals surface area contributed by atoms with E-state index in [4.69, 9.17) is 5.11 Å². The molecule has 0 spiro atoms. The fraction of sp³-hybridized carbons (Fsp3) is 0.235. The molecule has 0 aliphatic rings. The van der Waals surface area contributed by atoms with E-state index in [1.54, 1.807) is 24.3 Å². The lowest BCUT2D eigenvalue weighted by atomic mass is 10.0. The van der Waals surface area contributed by atoms with E-state index < -0.39 is 5.97 Å². The molecule has 1 N–H and O–H groups in total. The van der Waals surface area contributed by atoms with Crippen molar-refractivity contribution in [3.05, 3.63) is 66.0 Å². The third kappa shape index (κ3) is 4.84. The van der Waals surface area contributed by atoms with Crippen molar-refractivity contribution in [3.8, 4) is 0 Å². The quantitative estimate of drug-likeness (QED) is 0.749. The molecule has 0 saturated carbocycles. The van der Waals surface area contributed by atoms with Crippen molar-refractivity contribution >= 4 is 11.5 Å². The minimum absolute atomic E-state index is 0.0932. The van der Waals surface area contributed by atoms with Crippen LogP contribution < -0.4 is 0 Å². The summed E-state index contributed by atoms with van der Waals surface area (Å²) < 4.78 is 14.1. The smallest absolute Gasteiger partial charge is 0.307 e. The van der Waals surface area contributed by atoms with Crippen molar-refractivity contribution in [2.24, 2.45) is 0 Å². The molecule has 0 heterocycles. The molecule has 1 aromatic carbocycles. The van der Waals surface area contributed by atoms with Crippen molar-refractivity contribution in [1.29, 1.82) is 0 Å². The van der Waals surface area contributed by atoms with E-state index in [1.165, 1.54) is 12.1 Å². The minimum Gasteiger partial charge on any atom is -0.481 e. The van der Waals surface area contributed by atoms with Gasteiger partial charge in [-0.25, -0.2) is 4.39 Å². The highest BCUT2D eigenvalue weighted by atomic mass is 19.1. The van der Waals surface area contributed by atoms with Crippen LogP contribution in [0.3, 0.4) is 0 Å². The third-order valence-electron chi connectivity index (χ3n) is 2.77. The van der Waals surface area contributed by atoms with E-state index in [2.05, 4.69) is 6.58 Å². The van der Waals surface area contributed by atoms with Crippen LogP contribution >= 0.6 is 0 Å². The van der Waals surface area contributed by atoms with E-state index in [1.807, 2.05) is 13.0 Å². The normalized spacial score (nSPS) is 11.8. The molecule has 1 aromatic rings. The number of allylic oxidation sites excluding steroid dienone is 4. The first-order valence-electron chi connectivity index (χ1n) is 6.58. The number of aryl methyl sites for hydroxylation is 1. The van der Waals surface area contributed by atoms with Gasteiger partial charge in [-0.15, -0.1) is 0 Å². The van der Waals surface area contributed by atoms with Gasteiger partial charge >= 0.3 is 5.97 Å². The van der Waals surface area contributed by atoms with Gasteiger partial charge in [-0.1, -0.05) is 56.4 Å². The molecule has 0 radical (unpaired) electrons. The average Bonchev–Trinajstić information content (AvgIpc) is 2.38. The first-order chi connectivity index (χ1) is 9.58. The van der Waals surface area contributed by atoms with Gasteiger partial charge in [0.15, 0.2) is 0 Å². The maximum absolute atomic E-state index is 14.1. The van der Waals surface area contributed by atoms with E-state index in [0.29, 0.717) is 11.1 Å². The van der Waals surface area contributed by atoms with Crippen LogP contribution in [-0.4, -0.2) is 11.1 Å². The van der Waals surface area contributed by atoms with Gasteiger partial charge in [0.2, 0.25) is 0 Å². The molecule has 106 valence electrons. The van der Waals surface area contributed by atoms with Gasteiger partial charge in [0.1, 0.15) is 5.82 Å². The SMILES string of the molecule is C=C/C=C(\C=C/CC(=O)O)c1ccc(CCC)cc1F. The third-order valence-corrected chi connectivity index (χ3v) is 2.77. The lowest BCUT2D eigenvalue weighted by Crippen LogP contribution is -1.93. The van der Waals surface area contributed by atoms with Crippen molar-refractivity contribution in [1.82, 2.24) is 0 Å². The van der Waals surface area contributed by atoms with Crippen LogP contribution in [0.1, 0.15) is 30.9 Å². The molecule has 1 rings (SSSR count). The Kier molecular flexibility index (Phi) is 6.44. The average molecular weight is 274 g/mol. The maximum Gasteiger partial charge on any atom is 0.307 e. The van der Waals surface area contributed by atoms with Crippen LogP contribution in [0.25, 0.3) is 5.57 Å². The van der Waals surface area contributed by atoms with Crippen molar-refractivity contribution in [3.63, 3.8) is 0 Å². The van der Waals surface area contributed by atoms with Crippen molar-refractivity contribution in [2.45, 2.75) is 26.2 Å². The topological polar surface area (TPSA) is 37.3 Å². The van der Waals surface area contributed by atoms with Crippen LogP contribution in [0, 0.1) is 5.82 Å². The molecule has 0 saturated heterocycles. The predicted octanol–water partition coefficient (Wildman–Crippen LogP) is 4.38. The Labute approximate surface area is 118 Å².